The van der Waals surface area contributed by atoms with Crippen molar-refractivity contribution in [3.63, 3.8) is 0 Å². The molecule has 0 spiro atoms. The number of aryl methyl sites for hydroxylation is 1. The second kappa shape index (κ2) is 10.9. The normalized spacial score (nSPS) is 18.3. The molecule has 34 heavy (non-hydrogen) atoms. The number of nitrogens with zero attached hydrogens (tertiary/aromatic N) is 1. The van der Waals surface area contributed by atoms with Crippen LogP contribution in [0.1, 0.15) is 56.2 Å². The fraction of sp³-hybridized carbons (Fsp3) is 0.500. The van der Waals surface area contributed by atoms with Gasteiger partial charge in [-0.05, 0) is 74.6 Å². The van der Waals surface area contributed by atoms with Crippen molar-refractivity contribution in [2.24, 2.45) is 5.92 Å². The maximum atomic E-state index is 12.5. The standard InChI is InChI=1S/C24H34N4O5S/c1-4-21-17(3)15-28(22(21)29)24(31)25-14-13-18-7-11-20(12-8-18)34(32,33)27-23(30)26-19-9-5-16(2)6-10-19/h7-8,11-12,15-16,19,29H,4-6,9-10,13-14H2,1-3H3,(H,25,31)(H2,26,27,30). The van der Waals surface area contributed by atoms with Crippen LogP contribution >= 0.6 is 0 Å². The van der Waals surface area contributed by atoms with E-state index in [0.717, 1.165) is 42.4 Å². The van der Waals surface area contributed by atoms with Crippen molar-refractivity contribution in [3.05, 3.63) is 47.2 Å². The minimum atomic E-state index is -3.98. The molecule has 2 aromatic rings. The number of amides is 3. The van der Waals surface area contributed by atoms with Gasteiger partial charge in [-0.25, -0.2) is 27.3 Å². The van der Waals surface area contributed by atoms with Crippen LogP contribution in [0.3, 0.4) is 0 Å². The summed E-state index contributed by atoms with van der Waals surface area (Å²) in [5, 5.41) is 15.7. The van der Waals surface area contributed by atoms with Gasteiger partial charge in [-0.2, -0.15) is 0 Å². The predicted molar refractivity (Wildman–Crippen MR) is 129 cm³/mol. The van der Waals surface area contributed by atoms with Crippen molar-refractivity contribution in [1.82, 2.24) is 19.9 Å². The molecule has 0 saturated heterocycles. The van der Waals surface area contributed by atoms with Crippen molar-refractivity contribution >= 4 is 22.1 Å². The molecule has 0 aliphatic heterocycles. The molecule has 3 amide bonds. The van der Waals surface area contributed by atoms with Crippen LogP contribution in [0.5, 0.6) is 5.88 Å². The number of urea groups is 1. The molecule has 0 unspecified atom stereocenters. The summed E-state index contributed by atoms with van der Waals surface area (Å²) in [7, 11) is -3.98. The summed E-state index contributed by atoms with van der Waals surface area (Å²) in [6.45, 7) is 6.23. The van der Waals surface area contributed by atoms with E-state index in [1.54, 1.807) is 18.3 Å². The Bertz CT molecular complexity index is 1120. The third-order valence-corrected chi connectivity index (χ3v) is 7.72. The monoisotopic (exact) mass is 490 g/mol. The van der Waals surface area contributed by atoms with Crippen LogP contribution in [0.4, 0.5) is 9.59 Å². The number of rotatable bonds is 7. The molecule has 3 rings (SSSR count). The lowest BCUT2D eigenvalue weighted by Gasteiger charge is -2.26. The van der Waals surface area contributed by atoms with Gasteiger partial charge in [-0.1, -0.05) is 26.0 Å². The second-order valence-electron chi connectivity index (χ2n) is 9.00. The smallest absolute Gasteiger partial charge is 0.328 e. The van der Waals surface area contributed by atoms with Crippen molar-refractivity contribution in [2.45, 2.75) is 70.2 Å². The van der Waals surface area contributed by atoms with Crippen molar-refractivity contribution < 1.29 is 23.1 Å². The molecule has 9 nitrogen and oxygen atoms in total. The van der Waals surface area contributed by atoms with Gasteiger partial charge < -0.3 is 15.7 Å². The molecule has 1 fully saturated rings. The first-order valence-electron chi connectivity index (χ1n) is 11.7. The van der Waals surface area contributed by atoms with Crippen LogP contribution < -0.4 is 15.4 Å². The van der Waals surface area contributed by atoms with E-state index in [0.29, 0.717) is 25.3 Å². The highest BCUT2D eigenvalue weighted by Gasteiger charge is 2.23. The summed E-state index contributed by atoms with van der Waals surface area (Å²) < 4.78 is 28.3. The molecule has 186 valence electrons. The quantitative estimate of drug-likeness (QED) is 0.473. The maximum absolute atomic E-state index is 12.5. The number of hydrogen-bond donors (Lipinski definition) is 4. The zero-order valence-corrected chi connectivity index (χ0v) is 20.7. The van der Waals surface area contributed by atoms with E-state index in [1.165, 1.54) is 16.7 Å². The predicted octanol–water partition coefficient (Wildman–Crippen LogP) is 3.43. The Morgan fingerprint density at radius 2 is 1.76 bits per heavy atom. The Morgan fingerprint density at radius 3 is 2.35 bits per heavy atom. The molecular formula is C24H34N4O5S. The van der Waals surface area contributed by atoms with E-state index in [4.69, 9.17) is 0 Å². The Balaban J connectivity index is 1.50. The van der Waals surface area contributed by atoms with Crippen molar-refractivity contribution in [2.75, 3.05) is 6.54 Å². The summed E-state index contributed by atoms with van der Waals surface area (Å²) in [4.78, 5) is 24.5. The van der Waals surface area contributed by atoms with Gasteiger partial charge in [-0.15, -0.1) is 0 Å². The Hall–Kier alpha value is -3.01. The molecule has 0 atom stereocenters. The van der Waals surface area contributed by atoms with Gasteiger partial charge in [0.25, 0.3) is 10.0 Å². The van der Waals surface area contributed by atoms with Crippen LogP contribution in [0.2, 0.25) is 0 Å². The third kappa shape index (κ3) is 6.31. The number of carbonyl (C=O) groups excluding carboxylic acids is 2. The van der Waals surface area contributed by atoms with Crippen molar-refractivity contribution in [1.29, 1.82) is 0 Å². The van der Waals surface area contributed by atoms with E-state index in [9.17, 15) is 23.1 Å². The minimum absolute atomic E-state index is 0.00471. The number of sulfonamides is 1. The SMILES string of the molecule is CCc1c(C)cn(C(=O)NCCc2ccc(S(=O)(=O)NC(=O)NC3CCC(C)CC3)cc2)c1O. The zero-order chi connectivity index (χ0) is 24.9. The average Bonchev–Trinajstić information content (AvgIpc) is 3.08. The summed E-state index contributed by atoms with van der Waals surface area (Å²) in [6.07, 6.45) is 6.44. The van der Waals surface area contributed by atoms with Gasteiger partial charge in [-0.3, -0.25) is 0 Å². The number of hydrogen-bond acceptors (Lipinski definition) is 5. The van der Waals surface area contributed by atoms with Crippen LogP contribution in [-0.2, 0) is 22.9 Å². The van der Waals surface area contributed by atoms with E-state index in [-0.39, 0.29) is 16.8 Å². The summed E-state index contributed by atoms with van der Waals surface area (Å²) in [6, 6.07) is 5.02. The van der Waals surface area contributed by atoms with E-state index in [2.05, 4.69) is 22.3 Å². The molecular weight excluding hydrogens is 456 g/mol. The van der Waals surface area contributed by atoms with Gasteiger partial charge >= 0.3 is 12.1 Å². The first-order chi connectivity index (χ1) is 16.1. The molecule has 1 aliphatic rings. The number of carbonyl (C=O) groups is 2. The van der Waals surface area contributed by atoms with Crippen molar-refractivity contribution in [3.8, 4) is 5.88 Å². The first kappa shape index (κ1) is 25.6. The molecule has 1 heterocycles. The van der Waals surface area contributed by atoms with E-state index >= 15 is 0 Å². The van der Waals surface area contributed by atoms with E-state index < -0.39 is 22.1 Å². The number of benzene rings is 1. The summed E-state index contributed by atoms with van der Waals surface area (Å²) in [5.74, 6) is 0.581. The lowest BCUT2D eigenvalue weighted by Crippen LogP contribution is -2.45. The fourth-order valence-electron chi connectivity index (χ4n) is 4.28. The molecule has 0 bridgehead atoms. The second-order valence-corrected chi connectivity index (χ2v) is 10.7. The fourth-order valence-corrected chi connectivity index (χ4v) is 5.20. The average molecular weight is 491 g/mol. The van der Waals surface area contributed by atoms with Gasteiger partial charge in [0.15, 0.2) is 0 Å². The Kier molecular flexibility index (Phi) is 8.24. The molecule has 1 aliphatic carbocycles. The highest BCUT2D eigenvalue weighted by Crippen LogP contribution is 2.24. The molecule has 1 aromatic carbocycles. The highest BCUT2D eigenvalue weighted by atomic mass is 32.2. The van der Waals surface area contributed by atoms with Crippen LogP contribution in [0, 0.1) is 12.8 Å². The van der Waals surface area contributed by atoms with Gasteiger partial charge in [0.05, 0.1) is 4.90 Å². The van der Waals surface area contributed by atoms with Crippen LogP contribution in [0.15, 0.2) is 35.4 Å². The van der Waals surface area contributed by atoms with Gasteiger partial charge in [0.1, 0.15) is 0 Å². The molecule has 1 saturated carbocycles. The maximum Gasteiger partial charge on any atom is 0.328 e. The van der Waals surface area contributed by atoms with Gasteiger partial charge in [0, 0.05) is 24.3 Å². The van der Waals surface area contributed by atoms with Gasteiger partial charge in [0.2, 0.25) is 5.88 Å². The number of nitrogens with one attached hydrogen (secondary N) is 3. The first-order valence-corrected chi connectivity index (χ1v) is 13.2. The summed E-state index contributed by atoms with van der Waals surface area (Å²) in [5.41, 5.74) is 2.41. The van der Waals surface area contributed by atoms with Crippen LogP contribution in [0.25, 0.3) is 0 Å². The molecule has 0 radical (unpaired) electrons. The molecule has 1 aromatic heterocycles. The molecule has 10 heteroatoms. The third-order valence-electron chi connectivity index (χ3n) is 6.37. The van der Waals surface area contributed by atoms with Crippen LogP contribution in [-0.4, -0.2) is 42.7 Å². The zero-order valence-electron chi connectivity index (χ0n) is 19.9. The topological polar surface area (TPSA) is 130 Å². The minimum Gasteiger partial charge on any atom is -0.494 e. The highest BCUT2D eigenvalue weighted by molar-refractivity contribution is 7.90. The summed E-state index contributed by atoms with van der Waals surface area (Å²) >= 11 is 0. The Labute approximate surface area is 201 Å². The lowest BCUT2D eigenvalue weighted by atomic mass is 9.87. The number of aromatic hydroxyl groups is 1. The Morgan fingerprint density at radius 1 is 1.12 bits per heavy atom. The molecule has 4 N–H and O–H groups in total. The lowest BCUT2D eigenvalue weighted by molar-refractivity contribution is 0.233. The largest absolute Gasteiger partial charge is 0.494 e. The van der Waals surface area contributed by atoms with E-state index in [1.807, 2.05) is 13.8 Å². The number of aromatic nitrogens is 1.